The van der Waals surface area contributed by atoms with Crippen LogP contribution in [0.25, 0.3) is 0 Å². The summed E-state index contributed by atoms with van der Waals surface area (Å²) >= 11 is 5.57. The summed E-state index contributed by atoms with van der Waals surface area (Å²) in [5, 5.41) is 2.84. The monoisotopic (exact) mass is 226 g/mol. The molecule has 1 heterocycles. The molecule has 0 fully saturated rings. The minimum Gasteiger partial charge on any atom is -0.356 e. The van der Waals surface area contributed by atoms with Gasteiger partial charge >= 0.3 is 0 Å². The van der Waals surface area contributed by atoms with Crippen molar-refractivity contribution < 1.29 is 4.79 Å². The summed E-state index contributed by atoms with van der Waals surface area (Å²) in [7, 11) is 0. The number of hydrogen-bond donors (Lipinski definition) is 1. The van der Waals surface area contributed by atoms with Crippen LogP contribution in [0.1, 0.15) is 12.5 Å². The van der Waals surface area contributed by atoms with Crippen molar-refractivity contribution in [2.75, 3.05) is 12.4 Å². The predicted octanol–water partition coefficient (Wildman–Crippen LogP) is 1.62. The molecule has 3 nitrogen and oxygen atoms in total. The van der Waals surface area contributed by atoms with E-state index in [4.69, 9.17) is 11.6 Å². The second-order valence-electron chi connectivity index (χ2n) is 3.45. The van der Waals surface area contributed by atoms with Gasteiger partial charge in [0, 0.05) is 30.7 Å². The largest absolute Gasteiger partial charge is 0.356 e. The highest BCUT2D eigenvalue weighted by atomic mass is 35.5. The number of rotatable bonds is 5. The lowest BCUT2D eigenvalue weighted by molar-refractivity contribution is -0.123. The van der Waals surface area contributed by atoms with E-state index in [1.807, 2.05) is 19.1 Å². The van der Waals surface area contributed by atoms with E-state index in [1.165, 1.54) is 5.56 Å². The number of nitrogens with one attached hydrogen (secondary N) is 1. The summed E-state index contributed by atoms with van der Waals surface area (Å²) in [6.45, 7) is 2.46. The van der Waals surface area contributed by atoms with E-state index >= 15 is 0 Å². The first kappa shape index (κ1) is 12.0. The van der Waals surface area contributed by atoms with Gasteiger partial charge in [0.1, 0.15) is 0 Å². The average Bonchev–Trinajstić information content (AvgIpc) is 2.29. The highest BCUT2D eigenvalue weighted by Crippen LogP contribution is 1.99. The Hall–Kier alpha value is -1.09. The summed E-state index contributed by atoms with van der Waals surface area (Å²) in [5.74, 6) is 0.254. The number of aromatic nitrogens is 1. The van der Waals surface area contributed by atoms with Crippen LogP contribution in [-0.4, -0.2) is 23.3 Å². The topological polar surface area (TPSA) is 42.0 Å². The molecule has 0 bridgehead atoms. The maximum Gasteiger partial charge on any atom is 0.224 e. The molecule has 0 aliphatic heterocycles. The number of pyridine rings is 1. The van der Waals surface area contributed by atoms with Crippen LogP contribution in [-0.2, 0) is 11.2 Å². The molecule has 1 amide bonds. The van der Waals surface area contributed by atoms with Crippen LogP contribution in [0, 0.1) is 5.92 Å². The minimum atomic E-state index is -0.121. The quantitative estimate of drug-likeness (QED) is 0.776. The van der Waals surface area contributed by atoms with Crippen LogP contribution in [0.4, 0.5) is 0 Å². The first-order valence-electron chi connectivity index (χ1n) is 4.96. The fourth-order valence-corrected chi connectivity index (χ4v) is 1.26. The minimum absolute atomic E-state index is 0.0130. The van der Waals surface area contributed by atoms with Gasteiger partial charge in [0.25, 0.3) is 0 Å². The summed E-state index contributed by atoms with van der Waals surface area (Å²) in [6, 6.07) is 3.88. The summed E-state index contributed by atoms with van der Waals surface area (Å²) < 4.78 is 0. The van der Waals surface area contributed by atoms with Gasteiger partial charge in [-0.3, -0.25) is 9.78 Å². The van der Waals surface area contributed by atoms with E-state index in [0.717, 1.165) is 6.42 Å². The maximum atomic E-state index is 11.4. The normalized spacial score (nSPS) is 12.1. The predicted molar refractivity (Wildman–Crippen MR) is 60.8 cm³/mol. The van der Waals surface area contributed by atoms with E-state index in [2.05, 4.69) is 10.3 Å². The third kappa shape index (κ3) is 4.30. The van der Waals surface area contributed by atoms with E-state index in [0.29, 0.717) is 12.4 Å². The third-order valence-electron chi connectivity index (χ3n) is 2.14. The molecule has 15 heavy (non-hydrogen) atoms. The van der Waals surface area contributed by atoms with Crippen LogP contribution in [0.5, 0.6) is 0 Å². The lowest BCUT2D eigenvalue weighted by Crippen LogP contribution is -2.31. The Bertz CT molecular complexity index is 303. The Labute approximate surface area is 94.9 Å². The van der Waals surface area contributed by atoms with Gasteiger partial charge in [0.05, 0.1) is 0 Å². The molecule has 1 N–H and O–H groups in total. The van der Waals surface area contributed by atoms with Crippen molar-refractivity contribution in [2.45, 2.75) is 13.3 Å². The molecule has 1 aromatic heterocycles. The Balaban J connectivity index is 2.25. The zero-order valence-electron chi connectivity index (χ0n) is 8.74. The van der Waals surface area contributed by atoms with E-state index in [9.17, 15) is 4.79 Å². The molecule has 0 aromatic carbocycles. The molecule has 0 spiro atoms. The van der Waals surface area contributed by atoms with Gasteiger partial charge in [0.2, 0.25) is 5.91 Å². The third-order valence-corrected chi connectivity index (χ3v) is 2.60. The van der Waals surface area contributed by atoms with Crippen LogP contribution in [0.2, 0.25) is 0 Å². The molecule has 0 aliphatic carbocycles. The Kier molecular flexibility index (Phi) is 5.12. The van der Waals surface area contributed by atoms with E-state index in [1.54, 1.807) is 12.4 Å². The molecule has 0 aliphatic rings. The van der Waals surface area contributed by atoms with Gasteiger partial charge in [-0.1, -0.05) is 6.92 Å². The first-order valence-corrected chi connectivity index (χ1v) is 5.50. The van der Waals surface area contributed by atoms with E-state index < -0.39 is 0 Å². The second-order valence-corrected chi connectivity index (χ2v) is 3.76. The lowest BCUT2D eigenvalue weighted by atomic mass is 10.2. The van der Waals surface area contributed by atoms with Crippen LogP contribution < -0.4 is 5.32 Å². The number of halogens is 1. The highest BCUT2D eigenvalue weighted by Gasteiger charge is 2.09. The summed E-state index contributed by atoms with van der Waals surface area (Å²) in [6.07, 6.45) is 4.32. The van der Waals surface area contributed by atoms with E-state index in [-0.39, 0.29) is 11.8 Å². The molecule has 4 heteroatoms. The van der Waals surface area contributed by atoms with Gasteiger partial charge in [-0.2, -0.15) is 0 Å². The molecule has 0 saturated heterocycles. The highest BCUT2D eigenvalue weighted by molar-refractivity contribution is 6.19. The molecule has 0 radical (unpaired) electrons. The number of carbonyl (C=O) groups excluding carboxylic acids is 1. The Morgan fingerprint density at radius 3 is 2.80 bits per heavy atom. The van der Waals surface area contributed by atoms with Crippen LogP contribution >= 0.6 is 11.6 Å². The molecule has 82 valence electrons. The number of amides is 1. The van der Waals surface area contributed by atoms with Crippen molar-refractivity contribution in [3.63, 3.8) is 0 Å². The zero-order chi connectivity index (χ0) is 11.1. The van der Waals surface area contributed by atoms with Crippen molar-refractivity contribution in [2.24, 2.45) is 5.92 Å². The first-order chi connectivity index (χ1) is 7.24. The second kappa shape index (κ2) is 6.40. The number of alkyl halides is 1. The van der Waals surface area contributed by atoms with Gasteiger partial charge in [-0.05, 0) is 24.1 Å². The van der Waals surface area contributed by atoms with Crippen molar-refractivity contribution in [3.8, 4) is 0 Å². The van der Waals surface area contributed by atoms with Gasteiger partial charge in [-0.15, -0.1) is 11.6 Å². The van der Waals surface area contributed by atoms with Crippen LogP contribution in [0.3, 0.4) is 0 Å². The Morgan fingerprint density at radius 1 is 1.53 bits per heavy atom. The van der Waals surface area contributed by atoms with Crippen molar-refractivity contribution in [1.29, 1.82) is 0 Å². The molecular weight excluding hydrogens is 212 g/mol. The van der Waals surface area contributed by atoms with Crippen molar-refractivity contribution in [1.82, 2.24) is 10.3 Å². The molecule has 1 aromatic rings. The van der Waals surface area contributed by atoms with Crippen molar-refractivity contribution in [3.05, 3.63) is 30.1 Å². The SMILES string of the molecule is CC(CCl)C(=O)NCCc1ccncc1. The molecule has 1 unspecified atom stereocenters. The number of nitrogens with zero attached hydrogens (tertiary/aromatic N) is 1. The Morgan fingerprint density at radius 2 is 2.20 bits per heavy atom. The summed E-state index contributed by atoms with van der Waals surface area (Å²) in [5.41, 5.74) is 1.17. The summed E-state index contributed by atoms with van der Waals surface area (Å²) in [4.78, 5) is 15.3. The molecule has 0 saturated carbocycles. The standard InChI is InChI=1S/C11H15ClN2O/c1-9(8-12)11(15)14-7-4-10-2-5-13-6-3-10/h2-3,5-6,9H,4,7-8H2,1H3,(H,14,15). The fourth-order valence-electron chi connectivity index (χ4n) is 1.12. The number of carbonyl (C=O) groups is 1. The lowest BCUT2D eigenvalue weighted by Gasteiger charge is -2.08. The van der Waals surface area contributed by atoms with Crippen molar-refractivity contribution >= 4 is 17.5 Å². The van der Waals surface area contributed by atoms with Gasteiger partial charge in [-0.25, -0.2) is 0 Å². The molecular formula is C11H15ClN2O. The zero-order valence-corrected chi connectivity index (χ0v) is 9.50. The smallest absolute Gasteiger partial charge is 0.224 e. The van der Waals surface area contributed by atoms with Crippen LogP contribution in [0.15, 0.2) is 24.5 Å². The number of hydrogen-bond acceptors (Lipinski definition) is 2. The molecule has 1 rings (SSSR count). The maximum absolute atomic E-state index is 11.4. The average molecular weight is 227 g/mol. The molecule has 1 atom stereocenters. The van der Waals surface area contributed by atoms with Gasteiger partial charge < -0.3 is 5.32 Å². The van der Waals surface area contributed by atoms with Gasteiger partial charge in [0.15, 0.2) is 0 Å². The fraction of sp³-hybridized carbons (Fsp3) is 0.455.